The average molecular weight is 182 g/mol. The summed E-state index contributed by atoms with van der Waals surface area (Å²) in [5.74, 6) is 0.638. The van der Waals surface area contributed by atoms with Crippen molar-refractivity contribution in [1.29, 1.82) is 0 Å². The maximum absolute atomic E-state index is 5.71. The minimum Gasteiger partial charge on any atom is -0.349 e. The Bertz CT molecular complexity index is 173. The van der Waals surface area contributed by atoms with Crippen LogP contribution in [0.2, 0.25) is 0 Å². The van der Waals surface area contributed by atoms with Gasteiger partial charge < -0.3 is 9.47 Å². The molecular weight excluding hydrogens is 164 g/mol. The van der Waals surface area contributed by atoms with Gasteiger partial charge in [0.15, 0.2) is 6.29 Å². The van der Waals surface area contributed by atoms with Crippen LogP contribution in [-0.2, 0) is 9.47 Å². The summed E-state index contributed by atoms with van der Waals surface area (Å²) in [4.78, 5) is 0. The molecule has 13 heavy (non-hydrogen) atoms. The van der Waals surface area contributed by atoms with Crippen molar-refractivity contribution in [1.82, 2.24) is 0 Å². The van der Waals surface area contributed by atoms with E-state index in [0.29, 0.717) is 12.5 Å². The van der Waals surface area contributed by atoms with Crippen molar-refractivity contribution >= 4 is 0 Å². The molecule has 2 nitrogen and oxygen atoms in total. The van der Waals surface area contributed by atoms with Crippen molar-refractivity contribution in [2.75, 3.05) is 6.61 Å². The Labute approximate surface area is 79.9 Å². The summed E-state index contributed by atoms with van der Waals surface area (Å²) in [6, 6.07) is 0. The molecule has 0 aromatic rings. The first-order valence-corrected chi connectivity index (χ1v) is 5.30. The van der Waals surface area contributed by atoms with Gasteiger partial charge in [-0.1, -0.05) is 25.3 Å². The summed E-state index contributed by atoms with van der Waals surface area (Å²) < 4.78 is 11.3. The third-order valence-electron chi connectivity index (χ3n) is 3.03. The van der Waals surface area contributed by atoms with Crippen LogP contribution in [0, 0.1) is 5.92 Å². The molecule has 2 rings (SSSR count). The molecule has 2 aliphatic rings. The first-order valence-electron chi connectivity index (χ1n) is 5.30. The summed E-state index contributed by atoms with van der Waals surface area (Å²) in [6.45, 7) is 4.42. The Balaban J connectivity index is 1.83. The number of ether oxygens (including phenoxy) is 2. The Morgan fingerprint density at radius 2 is 1.92 bits per heavy atom. The largest absolute Gasteiger partial charge is 0.349 e. The van der Waals surface area contributed by atoms with Gasteiger partial charge in [0.05, 0.1) is 6.61 Å². The molecule has 0 bridgehead atoms. The summed E-state index contributed by atoms with van der Waals surface area (Å²) in [5, 5.41) is 0. The second-order valence-corrected chi connectivity index (χ2v) is 4.01. The van der Waals surface area contributed by atoms with Crippen LogP contribution in [0.3, 0.4) is 0 Å². The molecule has 1 aliphatic heterocycles. The number of hydrogen-bond donors (Lipinski definition) is 0. The molecule has 2 atom stereocenters. The maximum Gasteiger partial charge on any atom is 0.161 e. The van der Waals surface area contributed by atoms with E-state index in [-0.39, 0.29) is 12.4 Å². The molecule has 0 aromatic heterocycles. The van der Waals surface area contributed by atoms with E-state index in [1.165, 1.54) is 32.1 Å². The van der Waals surface area contributed by atoms with Crippen molar-refractivity contribution in [3.8, 4) is 0 Å². The fourth-order valence-corrected chi connectivity index (χ4v) is 2.22. The molecule has 1 saturated heterocycles. The summed E-state index contributed by atoms with van der Waals surface area (Å²) in [6.07, 6.45) is 8.63. The quantitative estimate of drug-likeness (QED) is 0.611. The molecule has 0 aromatic carbocycles. The van der Waals surface area contributed by atoms with Crippen LogP contribution < -0.4 is 0 Å². The fraction of sp³-hybridized carbons (Fsp3) is 0.818. The molecule has 2 unspecified atom stereocenters. The van der Waals surface area contributed by atoms with E-state index in [4.69, 9.17) is 9.47 Å². The summed E-state index contributed by atoms with van der Waals surface area (Å²) >= 11 is 0. The highest BCUT2D eigenvalue weighted by atomic mass is 16.7. The zero-order valence-corrected chi connectivity index (χ0v) is 8.08. The maximum atomic E-state index is 5.71. The highest BCUT2D eigenvalue weighted by Crippen LogP contribution is 2.31. The van der Waals surface area contributed by atoms with Crippen LogP contribution in [0.5, 0.6) is 0 Å². The lowest BCUT2D eigenvalue weighted by molar-refractivity contribution is -0.0992. The van der Waals surface area contributed by atoms with E-state index in [2.05, 4.69) is 6.58 Å². The van der Waals surface area contributed by atoms with Crippen molar-refractivity contribution in [3.63, 3.8) is 0 Å². The zero-order chi connectivity index (χ0) is 9.10. The van der Waals surface area contributed by atoms with Crippen molar-refractivity contribution < 1.29 is 9.47 Å². The Kier molecular flexibility index (Phi) is 3.01. The van der Waals surface area contributed by atoms with Gasteiger partial charge in [0.25, 0.3) is 0 Å². The van der Waals surface area contributed by atoms with Gasteiger partial charge in [0, 0.05) is 5.92 Å². The van der Waals surface area contributed by atoms with Gasteiger partial charge >= 0.3 is 0 Å². The SMILES string of the molecule is C=CC1COC(C2CCCCC2)O1. The van der Waals surface area contributed by atoms with E-state index < -0.39 is 0 Å². The van der Waals surface area contributed by atoms with Crippen LogP contribution in [0.15, 0.2) is 12.7 Å². The van der Waals surface area contributed by atoms with Crippen molar-refractivity contribution in [3.05, 3.63) is 12.7 Å². The first-order chi connectivity index (χ1) is 6.40. The van der Waals surface area contributed by atoms with Gasteiger partial charge in [0.2, 0.25) is 0 Å². The second kappa shape index (κ2) is 4.25. The van der Waals surface area contributed by atoms with Crippen LogP contribution in [-0.4, -0.2) is 19.0 Å². The van der Waals surface area contributed by atoms with Gasteiger partial charge in [0.1, 0.15) is 6.10 Å². The standard InChI is InChI=1S/C11H18O2/c1-2-10-8-12-11(13-10)9-6-4-3-5-7-9/h2,9-11H,1,3-8H2. The van der Waals surface area contributed by atoms with E-state index >= 15 is 0 Å². The Morgan fingerprint density at radius 1 is 1.15 bits per heavy atom. The normalized spacial score (nSPS) is 36.3. The van der Waals surface area contributed by atoms with Gasteiger partial charge in [-0.25, -0.2) is 0 Å². The Hall–Kier alpha value is -0.340. The molecule has 1 heterocycles. The van der Waals surface area contributed by atoms with Crippen LogP contribution in [0.1, 0.15) is 32.1 Å². The van der Waals surface area contributed by atoms with E-state index in [0.717, 1.165) is 0 Å². The minimum absolute atomic E-state index is 0.0586. The summed E-state index contributed by atoms with van der Waals surface area (Å²) in [5.41, 5.74) is 0. The minimum atomic E-state index is 0.0586. The van der Waals surface area contributed by atoms with Gasteiger partial charge in [-0.15, -0.1) is 6.58 Å². The Morgan fingerprint density at radius 3 is 2.54 bits per heavy atom. The highest BCUT2D eigenvalue weighted by Gasteiger charge is 2.31. The van der Waals surface area contributed by atoms with Gasteiger partial charge in [-0.3, -0.25) is 0 Å². The molecule has 2 heteroatoms. The lowest BCUT2D eigenvalue weighted by Crippen LogP contribution is -2.24. The molecule has 0 N–H and O–H groups in total. The van der Waals surface area contributed by atoms with E-state index in [1.807, 2.05) is 6.08 Å². The fourth-order valence-electron chi connectivity index (χ4n) is 2.22. The van der Waals surface area contributed by atoms with Crippen LogP contribution >= 0.6 is 0 Å². The summed E-state index contributed by atoms with van der Waals surface area (Å²) in [7, 11) is 0. The molecular formula is C11H18O2. The number of hydrogen-bond acceptors (Lipinski definition) is 2. The molecule has 0 spiro atoms. The molecule has 1 aliphatic carbocycles. The third-order valence-corrected chi connectivity index (χ3v) is 3.03. The second-order valence-electron chi connectivity index (χ2n) is 4.01. The molecule has 0 radical (unpaired) electrons. The molecule has 74 valence electrons. The zero-order valence-electron chi connectivity index (χ0n) is 8.08. The molecule has 0 amide bonds. The highest BCUT2D eigenvalue weighted by molar-refractivity contribution is 4.85. The topological polar surface area (TPSA) is 18.5 Å². The van der Waals surface area contributed by atoms with Gasteiger partial charge in [-0.05, 0) is 12.8 Å². The third kappa shape index (κ3) is 2.12. The van der Waals surface area contributed by atoms with Crippen LogP contribution in [0.4, 0.5) is 0 Å². The average Bonchev–Trinajstić information content (AvgIpc) is 2.67. The van der Waals surface area contributed by atoms with E-state index in [1.54, 1.807) is 0 Å². The smallest absolute Gasteiger partial charge is 0.161 e. The molecule has 1 saturated carbocycles. The first kappa shape index (κ1) is 9.22. The van der Waals surface area contributed by atoms with Crippen molar-refractivity contribution in [2.45, 2.75) is 44.5 Å². The van der Waals surface area contributed by atoms with Crippen molar-refractivity contribution in [2.24, 2.45) is 5.92 Å². The lowest BCUT2D eigenvalue weighted by Gasteiger charge is -2.25. The predicted molar refractivity (Wildman–Crippen MR) is 51.4 cm³/mol. The lowest BCUT2D eigenvalue weighted by atomic mass is 9.89. The van der Waals surface area contributed by atoms with Gasteiger partial charge in [-0.2, -0.15) is 0 Å². The molecule has 2 fully saturated rings. The monoisotopic (exact) mass is 182 g/mol. The van der Waals surface area contributed by atoms with E-state index in [9.17, 15) is 0 Å². The predicted octanol–water partition coefficient (Wildman–Crippen LogP) is 2.49. The van der Waals surface area contributed by atoms with Crippen LogP contribution in [0.25, 0.3) is 0 Å². The number of rotatable bonds is 2.